The van der Waals surface area contributed by atoms with Crippen LogP contribution in [0.25, 0.3) is 22.5 Å². The molecule has 0 saturated carbocycles. The van der Waals surface area contributed by atoms with Crippen molar-refractivity contribution >= 4 is 23.3 Å². The molecule has 1 fully saturated rings. The summed E-state index contributed by atoms with van der Waals surface area (Å²) in [5.41, 5.74) is 8.60. The number of nitrogens with one attached hydrogen (secondary N) is 2. The Morgan fingerprint density at radius 2 is 1.87 bits per heavy atom. The lowest BCUT2D eigenvalue weighted by molar-refractivity contribution is -0.145. The fourth-order valence-corrected chi connectivity index (χ4v) is 4.96. The first kappa shape index (κ1) is 27.7. The molecule has 0 aliphatic carbocycles. The van der Waals surface area contributed by atoms with Gasteiger partial charge < -0.3 is 21.0 Å². The number of aromatic nitrogens is 3. The summed E-state index contributed by atoms with van der Waals surface area (Å²) in [7, 11) is 1.53. The van der Waals surface area contributed by atoms with Gasteiger partial charge in [0.05, 0.1) is 17.1 Å². The average Bonchev–Trinajstić information content (AvgIpc) is 3.44. The van der Waals surface area contributed by atoms with E-state index in [1.54, 1.807) is 13.8 Å². The topological polar surface area (TPSA) is 125 Å². The highest BCUT2D eigenvalue weighted by atomic mass is 19.4. The van der Waals surface area contributed by atoms with Gasteiger partial charge in [0.25, 0.3) is 5.91 Å². The smallest absolute Gasteiger partial charge is 0.382 e. The van der Waals surface area contributed by atoms with E-state index in [2.05, 4.69) is 10.5 Å². The molecule has 1 aromatic carbocycles. The van der Waals surface area contributed by atoms with Gasteiger partial charge in [-0.05, 0) is 44.2 Å². The second-order valence-corrected chi connectivity index (χ2v) is 9.61. The number of alkyl halides is 3. The molecule has 208 valence electrons. The van der Waals surface area contributed by atoms with Crippen molar-refractivity contribution in [1.29, 1.82) is 5.41 Å². The lowest BCUT2D eigenvalue weighted by atomic mass is 9.96. The molecule has 0 bridgehead atoms. The van der Waals surface area contributed by atoms with Crippen molar-refractivity contribution in [1.82, 2.24) is 19.4 Å². The number of hydrogen-bond donors (Lipinski definition) is 3. The fourth-order valence-electron chi connectivity index (χ4n) is 4.96. The fraction of sp³-hybridized carbons (Fsp3) is 0.360. The summed E-state index contributed by atoms with van der Waals surface area (Å²) in [5, 5.41) is 11.9. The molecule has 3 heterocycles. The van der Waals surface area contributed by atoms with Crippen LogP contribution in [-0.4, -0.2) is 68.9 Å². The first-order valence-electron chi connectivity index (χ1n) is 11.9. The average molecular weight is 549 g/mol. The number of anilines is 1. The van der Waals surface area contributed by atoms with Gasteiger partial charge in [0, 0.05) is 44.4 Å². The Bertz CT molecular complexity index is 1460. The van der Waals surface area contributed by atoms with Crippen LogP contribution in [0.15, 0.2) is 36.5 Å². The zero-order chi connectivity index (χ0) is 28.9. The summed E-state index contributed by atoms with van der Waals surface area (Å²) < 4.78 is 56.8. The summed E-state index contributed by atoms with van der Waals surface area (Å²) in [6.07, 6.45) is -3.32. The molecule has 0 atom stereocenters. The van der Waals surface area contributed by atoms with Crippen molar-refractivity contribution in [3.8, 4) is 22.5 Å². The zero-order valence-corrected chi connectivity index (χ0v) is 21.7. The van der Waals surface area contributed by atoms with Crippen LogP contribution in [-0.2, 0) is 16.1 Å². The highest BCUT2D eigenvalue weighted by Crippen LogP contribution is 2.36. The van der Waals surface area contributed by atoms with Gasteiger partial charge in [-0.1, -0.05) is 0 Å². The summed E-state index contributed by atoms with van der Waals surface area (Å²) in [6.45, 7) is 3.46. The van der Waals surface area contributed by atoms with E-state index in [1.165, 1.54) is 65.0 Å². The van der Waals surface area contributed by atoms with Crippen LogP contribution in [0.4, 0.5) is 23.2 Å². The molecule has 1 saturated heterocycles. The van der Waals surface area contributed by atoms with Crippen molar-refractivity contribution in [2.45, 2.75) is 39.0 Å². The maximum absolute atomic E-state index is 15.1. The minimum absolute atomic E-state index is 0.0225. The van der Waals surface area contributed by atoms with Crippen molar-refractivity contribution in [2.24, 2.45) is 5.73 Å². The third kappa shape index (κ3) is 4.93. The molecular weight excluding hydrogens is 520 g/mol. The number of rotatable bonds is 6. The minimum Gasteiger partial charge on any atom is -0.382 e. The number of nitrogens with two attached hydrogens (primary N) is 1. The summed E-state index contributed by atoms with van der Waals surface area (Å²) >= 11 is 0. The first-order valence-corrected chi connectivity index (χ1v) is 11.9. The van der Waals surface area contributed by atoms with Crippen LogP contribution in [0, 0.1) is 11.2 Å². The van der Waals surface area contributed by atoms with Gasteiger partial charge in [0.15, 0.2) is 0 Å². The van der Waals surface area contributed by atoms with Crippen LogP contribution < -0.4 is 16.1 Å². The monoisotopic (exact) mass is 548 g/mol. The largest absolute Gasteiger partial charge is 0.408 e. The van der Waals surface area contributed by atoms with Crippen LogP contribution in [0.5, 0.6) is 0 Å². The minimum atomic E-state index is -4.54. The van der Waals surface area contributed by atoms with Gasteiger partial charge in [-0.15, -0.1) is 0 Å². The maximum atomic E-state index is 15.1. The van der Waals surface area contributed by atoms with Crippen molar-refractivity contribution < 1.29 is 27.2 Å². The van der Waals surface area contributed by atoms with E-state index in [0.29, 0.717) is 11.3 Å². The van der Waals surface area contributed by atoms with Gasteiger partial charge in [0.2, 0.25) is 5.91 Å². The quantitative estimate of drug-likeness (QED) is 0.248. The van der Waals surface area contributed by atoms with E-state index in [-0.39, 0.29) is 41.6 Å². The van der Waals surface area contributed by atoms with Gasteiger partial charge in [-0.3, -0.25) is 24.4 Å². The molecular formula is C25H28F4N8O2. The Morgan fingerprint density at radius 3 is 2.46 bits per heavy atom. The molecule has 14 heteroatoms. The number of piperazine rings is 1. The third-order valence-electron chi connectivity index (χ3n) is 6.70. The Labute approximate surface area is 221 Å². The van der Waals surface area contributed by atoms with Crippen LogP contribution in [0.3, 0.4) is 0 Å². The number of hydrogen-bond acceptors (Lipinski definition) is 5. The van der Waals surface area contributed by atoms with Crippen molar-refractivity contribution in [2.75, 3.05) is 30.5 Å². The number of nitrogen functional groups attached to an aromatic ring is 1. The van der Waals surface area contributed by atoms with E-state index in [1.807, 2.05) is 0 Å². The molecule has 1 aliphatic rings. The second-order valence-electron chi connectivity index (χ2n) is 9.61. The molecule has 4 rings (SSSR count). The summed E-state index contributed by atoms with van der Waals surface area (Å²) in [4.78, 5) is 28.1. The lowest BCUT2D eigenvalue weighted by Gasteiger charge is -2.45. The molecule has 2 amide bonds. The molecule has 0 radical (unpaired) electrons. The van der Waals surface area contributed by atoms with E-state index in [4.69, 9.17) is 11.1 Å². The molecule has 4 N–H and O–H groups in total. The number of amidine groups is 1. The Balaban J connectivity index is 1.84. The molecule has 3 aromatic rings. The predicted molar refractivity (Wildman–Crippen MR) is 137 cm³/mol. The Morgan fingerprint density at radius 1 is 1.18 bits per heavy atom. The molecule has 2 aromatic heterocycles. The van der Waals surface area contributed by atoms with Crippen LogP contribution in [0.2, 0.25) is 0 Å². The Kier molecular flexibility index (Phi) is 6.91. The highest BCUT2D eigenvalue weighted by Gasteiger charge is 2.44. The van der Waals surface area contributed by atoms with E-state index < -0.39 is 35.8 Å². The molecule has 0 spiro atoms. The normalized spacial score (nSPS) is 15.5. The van der Waals surface area contributed by atoms with Gasteiger partial charge in [-0.2, -0.15) is 18.3 Å². The van der Waals surface area contributed by atoms with Crippen molar-refractivity contribution in [3.05, 3.63) is 48.0 Å². The highest BCUT2D eigenvalue weighted by molar-refractivity contribution is 6.04. The van der Waals surface area contributed by atoms with Crippen molar-refractivity contribution in [3.63, 3.8) is 0 Å². The standard InChI is InChI=1S/C25H28F4N8O2/c1-14(38)35-10-9-34(23(39)24(35,2)3)20-11-15(5-6-17(20)26)19-12-16(21(22(30)31)37(19)32-4)18-7-8-33-36(18)13-25(27,28)29/h5-8,11-12,32H,9-10,13H2,1-4H3,(H3,30,31). The van der Waals surface area contributed by atoms with E-state index in [0.717, 1.165) is 4.68 Å². The first-order chi connectivity index (χ1) is 18.2. The number of benzene rings is 1. The lowest BCUT2D eigenvalue weighted by Crippen LogP contribution is -2.64. The number of carbonyl (C=O) groups excluding carboxylic acids is 2. The van der Waals surface area contributed by atoms with E-state index in [9.17, 15) is 22.8 Å². The molecule has 0 unspecified atom stereocenters. The van der Waals surface area contributed by atoms with Gasteiger partial charge >= 0.3 is 6.18 Å². The third-order valence-corrected chi connectivity index (χ3v) is 6.70. The predicted octanol–water partition coefficient (Wildman–Crippen LogP) is 3.15. The number of halogens is 4. The van der Waals surface area contributed by atoms with E-state index >= 15 is 4.39 Å². The molecule has 1 aliphatic heterocycles. The number of amides is 2. The van der Waals surface area contributed by atoms with Crippen LogP contribution >= 0.6 is 0 Å². The summed E-state index contributed by atoms with van der Waals surface area (Å²) in [6, 6.07) is 6.97. The van der Waals surface area contributed by atoms with Crippen LogP contribution in [0.1, 0.15) is 26.5 Å². The van der Waals surface area contributed by atoms with Gasteiger partial charge in [0.1, 0.15) is 29.4 Å². The molecule has 39 heavy (non-hydrogen) atoms. The SMILES string of the molecule is CNn1c(-c2ccc(F)c(N3CCN(C(C)=O)C(C)(C)C3=O)c2)cc(-c2ccnn2CC(F)(F)F)c1C(=N)N. The number of nitrogens with zero attached hydrogens (tertiary/aromatic N) is 5. The molecule has 10 nitrogen and oxygen atoms in total. The zero-order valence-electron chi connectivity index (χ0n) is 21.7. The summed E-state index contributed by atoms with van der Waals surface area (Å²) in [5.74, 6) is -1.84. The maximum Gasteiger partial charge on any atom is 0.408 e. The number of carbonyl (C=O) groups is 2. The second kappa shape index (κ2) is 9.75. The van der Waals surface area contributed by atoms with Gasteiger partial charge in [-0.25, -0.2) is 4.39 Å². The Hall–Kier alpha value is -4.36.